The van der Waals surface area contributed by atoms with Crippen LogP contribution in [0.5, 0.6) is 0 Å². The van der Waals surface area contributed by atoms with E-state index in [1.165, 1.54) is 11.0 Å². The molecule has 0 spiro atoms. The molecule has 1 heterocycles. The maximum atomic E-state index is 13.9. The van der Waals surface area contributed by atoms with Crippen molar-refractivity contribution in [2.24, 2.45) is 0 Å². The number of hydrogen-bond acceptors (Lipinski definition) is 2. The molecule has 0 radical (unpaired) electrons. The smallest absolute Gasteiger partial charge is 0.254 e. The number of amides is 1. The van der Waals surface area contributed by atoms with Crippen LogP contribution in [0.15, 0.2) is 18.2 Å². The summed E-state index contributed by atoms with van der Waals surface area (Å²) in [6, 6.07) is 4.83. The zero-order valence-electron chi connectivity index (χ0n) is 14.1. The van der Waals surface area contributed by atoms with Crippen LogP contribution in [-0.2, 0) is 0 Å². The molecule has 27 heavy (non-hydrogen) atoms. The number of halogens is 6. The van der Waals surface area contributed by atoms with Crippen LogP contribution in [0.2, 0.25) is 5.02 Å². The lowest BCUT2D eigenvalue weighted by Crippen LogP contribution is -2.49. The van der Waals surface area contributed by atoms with E-state index in [2.05, 4.69) is 0 Å². The highest BCUT2D eigenvalue weighted by Gasteiger charge is 2.31. The first-order chi connectivity index (χ1) is 12.7. The van der Waals surface area contributed by atoms with Gasteiger partial charge < -0.3 is 9.80 Å². The molecule has 2 aromatic rings. The molecule has 0 atom stereocenters. The molecule has 0 bridgehead atoms. The van der Waals surface area contributed by atoms with Gasteiger partial charge in [-0.25, -0.2) is 22.0 Å². The molecular weight excluding hydrogens is 391 g/mol. The molecule has 1 amide bonds. The van der Waals surface area contributed by atoms with Gasteiger partial charge in [0.15, 0.2) is 23.3 Å². The van der Waals surface area contributed by atoms with E-state index < -0.39 is 34.8 Å². The summed E-state index contributed by atoms with van der Waals surface area (Å²) in [4.78, 5) is 15.0. The Bertz CT molecular complexity index is 884. The number of benzene rings is 2. The highest BCUT2D eigenvalue weighted by atomic mass is 35.5. The van der Waals surface area contributed by atoms with Gasteiger partial charge in [0.05, 0.1) is 0 Å². The first kappa shape index (κ1) is 19.4. The normalized spacial score (nSPS) is 14.6. The Morgan fingerprint density at radius 1 is 0.889 bits per heavy atom. The van der Waals surface area contributed by atoms with E-state index in [-0.39, 0.29) is 32.1 Å². The van der Waals surface area contributed by atoms with Crippen molar-refractivity contribution in [2.45, 2.75) is 6.92 Å². The van der Waals surface area contributed by atoms with Crippen molar-refractivity contribution in [3.8, 4) is 0 Å². The molecule has 1 aliphatic heterocycles. The maximum Gasteiger partial charge on any atom is 0.254 e. The lowest BCUT2D eigenvalue weighted by molar-refractivity contribution is 0.0746. The van der Waals surface area contributed by atoms with Crippen molar-refractivity contribution in [2.75, 3.05) is 31.1 Å². The zero-order valence-corrected chi connectivity index (χ0v) is 14.9. The molecule has 9 heteroatoms. The summed E-state index contributed by atoms with van der Waals surface area (Å²) >= 11 is 6.01. The monoisotopic (exact) mass is 404 g/mol. The molecule has 2 aromatic carbocycles. The Balaban J connectivity index is 1.78. The first-order valence-corrected chi connectivity index (χ1v) is 8.42. The fraction of sp³-hybridized carbons (Fsp3) is 0.278. The summed E-state index contributed by atoms with van der Waals surface area (Å²) in [7, 11) is 0. The number of rotatable bonds is 2. The van der Waals surface area contributed by atoms with Crippen LogP contribution in [-0.4, -0.2) is 37.0 Å². The van der Waals surface area contributed by atoms with Crippen LogP contribution in [0.25, 0.3) is 0 Å². The Labute approximate surface area is 156 Å². The molecular formula is C18H14ClF5N2O. The van der Waals surface area contributed by atoms with Crippen molar-refractivity contribution < 1.29 is 26.7 Å². The van der Waals surface area contributed by atoms with E-state index in [0.29, 0.717) is 10.6 Å². The number of anilines is 1. The minimum atomic E-state index is -2.20. The van der Waals surface area contributed by atoms with E-state index in [1.807, 2.05) is 0 Å². The third-order valence-electron chi connectivity index (χ3n) is 4.49. The Morgan fingerprint density at radius 2 is 1.41 bits per heavy atom. The zero-order chi connectivity index (χ0) is 19.9. The van der Waals surface area contributed by atoms with Crippen molar-refractivity contribution in [3.63, 3.8) is 0 Å². The SMILES string of the molecule is Cc1ccc(C(=O)N2CCN(c3c(F)c(F)c(F)c(F)c3F)CC2)cc1Cl. The van der Waals surface area contributed by atoms with Gasteiger partial charge >= 0.3 is 0 Å². The van der Waals surface area contributed by atoms with Gasteiger partial charge in [-0.2, -0.15) is 0 Å². The van der Waals surface area contributed by atoms with Crippen molar-refractivity contribution in [1.29, 1.82) is 0 Å². The minimum Gasteiger partial charge on any atom is -0.363 e. The predicted octanol–water partition coefficient (Wildman–Crippen LogP) is 4.31. The molecule has 0 aromatic heterocycles. The second-order valence-electron chi connectivity index (χ2n) is 6.16. The van der Waals surface area contributed by atoms with Gasteiger partial charge in [0.25, 0.3) is 5.91 Å². The van der Waals surface area contributed by atoms with Crippen LogP contribution in [0, 0.1) is 36.0 Å². The lowest BCUT2D eigenvalue weighted by atomic mass is 10.1. The molecule has 3 rings (SSSR count). The molecule has 1 saturated heterocycles. The standard InChI is InChI=1S/C18H14ClF5N2O/c1-9-2-3-10(8-11(9)19)18(27)26-6-4-25(5-7-26)17-15(23)13(21)12(20)14(22)16(17)24/h2-3,8H,4-7H2,1H3. The van der Waals surface area contributed by atoms with Gasteiger partial charge in [-0.05, 0) is 24.6 Å². The third kappa shape index (κ3) is 3.45. The van der Waals surface area contributed by atoms with E-state index >= 15 is 0 Å². The average Bonchev–Trinajstić information content (AvgIpc) is 2.67. The fourth-order valence-electron chi connectivity index (χ4n) is 2.91. The molecule has 0 N–H and O–H groups in total. The van der Waals surface area contributed by atoms with E-state index in [0.717, 1.165) is 10.5 Å². The lowest BCUT2D eigenvalue weighted by Gasteiger charge is -2.36. The van der Waals surface area contributed by atoms with Crippen molar-refractivity contribution in [1.82, 2.24) is 4.90 Å². The van der Waals surface area contributed by atoms with Crippen LogP contribution in [0.4, 0.5) is 27.6 Å². The highest BCUT2D eigenvalue weighted by molar-refractivity contribution is 6.31. The summed E-state index contributed by atoms with van der Waals surface area (Å²) in [5.74, 6) is -10.3. The van der Waals surface area contributed by atoms with Crippen LogP contribution < -0.4 is 4.90 Å². The van der Waals surface area contributed by atoms with E-state index in [4.69, 9.17) is 11.6 Å². The van der Waals surface area contributed by atoms with Crippen LogP contribution >= 0.6 is 11.6 Å². The molecule has 1 aliphatic rings. The summed E-state index contributed by atoms with van der Waals surface area (Å²) in [6.07, 6.45) is 0. The van der Waals surface area contributed by atoms with Crippen LogP contribution in [0.1, 0.15) is 15.9 Å². The number of hydrogen-bond donors (Lipinski definition) is 0. The molecule has 144 valence electrons. The van der Waals surface area contributed by atoms with E-state index in [9.17, 15) is 26.7 Å². The predicted molar refractivity (Wildman–Crippen MR) is 90.5 cm³/mol. The van der Waals surface area contributed by atoms with Gasteiger partial charge in [-0.1, -0.05) is 17.7 Å². The molecule has 3 nitrogen and oxygen atoms in total. The third-order valence-corrected chi connectivity index (χ3v) is 4.90. The molecule has 0 unspecified atom stereocenters. The maximum absolute atomic E-state index is 13.9. The second kappa shape index (κ2) is 7.34. The molecule has 1 fully saturated rings. The molecule has 0 aliphatic carbocycles. The average molecular weight is 405 g/mol. The number of carbonyl (C=O) groups is 1. The number of aryl methyl sites for hydroxylation is 1. The summed E-state index contributed by atoms with van der Waals surface area (Å²) < 4.78 is 67.8. The quantitative estimate of drug-likeness (QED) is 0.423. The first-order valence-electron chi connectivity index (χ1n) is 8.04. The van der Waals surface area contributed by atoms with Gasteiger partial charge in [0, 0.05) is 36.8 Å². The Hall–Kier alpha value is -2.35. The number of piperazine rings is 1. The summed E-state index contributed by atoms with van der Waals surface area (Å²) in [6.45, 7) is 1.75. The van der Waals surface area contributed by atoms with Gasteiger partial charge in [0.1, 0.15) is 5.69 Å². The van der Waals surface area contributed by atoms with Crippen molar-refractivity contribution >= 4 is 23.2 Å². The topological polar surface area (TPSA) is 23.6 Å². The minimum absolute atomic E-state index is 0.0593. The Morgan fingerprint density at radius 3 is 1.93 bits per heavy atom. The van der Waals surface area contributed by atoms with Gasteiger partial charge in [-0.3, -0.25) is 4.79 Å². The summed E-state index contributed by atoms with van der Waals surface area (Å²) in [5.41, 5.74) is 0.191. The van der Waals surface area contributed by atoms with Gasteiger partial charge in [0.2, 0.25) is 5.82 Å². The highest BCUT2D eigenvalue weighted by Crippen LogP contribution is 2.31. The van der Waals surface area contributed by atoms with Crippen LogP contribution in [0.3, 0.4) is 0 Å². The number of carbonyl (C=O) groups excluding carboxylic acids is 1. The van der Waals surface area contributed by atoms with E-state index in [1.54, 1.807) is 19.1 Å². The Kier molecular flexibility index (Phi) is 5.28. The van der Waals surface area contributed by atoms with Crippen molar-refractivity contribution in [3.05, 3.63) is 63.4 Å². The number of nitrogens with zero attached hydrogens (tertiary/aromatic N) is 2. The fourth-order valence-corrected chi connectivity index (χ4v) is 3.09. The second-order valence-corrected chi connectivity index (χ2v) is 6.57. The molecule has 0 saturated carbocycles. The summed E-state index contributed by atoms with van der Waals surface area (Å²) in [5, 5.41) is 0.431. The van der Waals surface area contributed by atoms with Gasteiger partial charge in [-0.15, -0.1) is 0 Å². The largest absolute Gasteiger partial charge is 0.363 e.